The first kappa shape index (κ1) is 13.0. The molecule has 0 aliphatic heterocycles. The van der Waals surface area contributed by atoms with Crippen LogP contribution in [0.3, 0.4) is 0 Å². The Morgan fingerprint density at radius 1 is 1.50 bits per heavy atom. The monoisotopic (exact) mass is 240 g/mol. The highest BCUT2D eigenvalue weighted by molar-refractivity contribution is 6.33. The minimum absolute atomic E-state index is 0.0400. The van der Waals surface area contributed by atoms with Gasteiger partial charge < -0.3 is 4.90 Å². The van der Waals surface area contributed by atoms with E-state index in [0.717, 1.165) is 18.7 Å². The molecule has 0 fully saturated rings. The van der Waals surface area contributed by atoms with Gasteiger partial charge >= 0.3 is 0 Å². The average molecular weight is 241 g/mol. The predicted molar refractivity (Wildman–Crippen MR) is 65.9 cm³/mol. The summed E-state index contributed by atoms with van der Waals surface area (Å²) in [5.41, 5.74) is 1.31. The van der Waals surface area contributed by atoms with Crippen LogP contribution in [0.25, 0.3) is 0 Å². The van der Waals surface area contributed by atoms with Crippen molar-refractivity contribution in [3.63, 3.8) is 0 Å². The fourth-order valence-corrected chi connectivity index (χ4v) is 1.81. The molecule has 0 aliphatic rings. The molecule has 0 spiro atoms. The zero-order chi connectivity index (χ0) is 12.1. The average Bonchev–Trinajstić information content (AvgIpc) is 2.25. The van der Waals surface area contributed by atoms with E-state index in [2.05, 4.69) is 4.98 Å². The van der Waals surface area contributed by atoms with E-state index in [1.54, 1.807) is 17.2 Å². The summed E-state index contributed by atoms with van der Waals surface area (Å²) in [7, 11) is 0. The van der Waals surface area contributed by atoms with Crippen molar-refractivity contribution in [2.75, 3.05) is 13.1 Å². The molecule has 1 rings (SSSR count). The van der Waals surface area contributed by atoms with E-state index in [0.29, 0.717) is 17.1 Å². The molecule has 88 valence electrons. The van der Waals surface area contributed by atoms with E-state index >= 15 is 0 Å². The van der Waals surface area contributed by atoms with Crippen LogP contribution in [0, 0.1) is 6.92 Å². The summed E-state index contributed by atoms with van der Waals surface area (Å²) >= 11 is 6.04. The van der Waals surface area contributed by atoms with E-state index < -0.39 is 0 Å². The number of rotatable bonds is 4. The van der Waals surface area contributed by atoms with Crippen molar-refractivity contribution in [1.29, 1.82) is 0 Å². The Morgan fingerprint density at radius 2 is 2.19 bits per heavy atom. The van der Waals surface area contributed by atoms with E-state index in [4.69, 9.17) is 11.6 Å². The second kappa shape index (κ2) is 5.85. The van der Waals surface area contributed by atoms with Crippen LogP contribution in [0.1, 0.15) is 36.3 Å². The molecule has 1 aromatic rings. The molecule has 0 unspecified atom stereocenters. The van der Waals surface area contributed by atoms with Gasteiger partial charge in [-0.3, -0.25) is 9.78 Å². The molecule has 0 saturated heterocycles. The van der Waals surface area contributed by atoms with Crippen molar-refractivity contribution in [3.05, 3.63) is 28.5 Å². The predicted octanol–water partition coefficient (Wildman–Crippen LogP) is 2.92. The summed E-state index contributed by atoms with van der Waals surface area (Å²) in [6.45, 7) is 7.30. The quantitative estimate of drug-likeness (QED) is 0.811. The lowest BCUT2D eigenvalue weighted by atomic mass is 10.2. The lowest BCUT2D eigenvalue weighted by Gasteiger charge is -2.20. The van der Waals surface area contributed by atoms with E-state index in [1.165, 1.54) is 0 Å². The van der Waals surface area contributed by atoms with Crippen LogP contribution in [0.15, 0.2) is 12.3 Å². The van der Waals surface area contributed by atoms with Crippen LogP contribution in [0.5, 0.6) is 0 Å². The van der Waals surface area contributed by atoms with Crippen LogP contribution in [0.2, 0.25) is 5.02 Å². The van der Waals surface area contributed by atoms with E-state index in [1.807, 2.05) is 20.8 Å². The van der Waals surface area contributed by atoms with Gasteiger partial charge in [-0.05, 0) is 26.3 Å². The van der Waals surface area contributed by atoms with Gasteiger partial charge in [-0.25, -0.2) is 0 Å². The second-order valence-corrected chi connectivity index (χ2v) is 4.10. The third kappa shape index (κ3) is 2.95. The number of carbonyl (C=O) groups excluding carboxylic acids is 1. The number of hydrogen-bond acceptors (Lipinski definition) is 2. The molecule has 0 N–H and O–H groups in total. The molecule has 0 aliphatic carbocycles. The maximum Gasteiger partial charge on any atom is 0.256 e. The Hall–Kier alpha value is -1.09. The number of halogens is 1. The van der Waals surface area contributed by atoms with Gasteiger partial charge in [-0.2, -0.15) is 0 Å². The third-order valence-electron chi connectivity index (χ3n) is 2.38. The Morgan fingerprint density at radius 3 is 2.69 bits per heavy atom. The van der Waals surface area contributed by atoms with Gasteiger partial charge in [0.05, 0.1) is 10.6 Å². The highest BCUT2D eigenvalue weighted by Crippen LogP contribution is 2.17. The number of aryl methyl sites for hydroxylation is 1. The van der Waals surface area contributed by atoms with Crippen molar-refractivity contribution in [2.24, 2.45) is 0 Å². The number of nitrogens with zero attached hydrogens (tertiary/aromatic N) is 2. The number of pyridine rings is 1. The molecule has 16 heavy (non-hydrogen) atoms. The SMILES string of the molecule is CCCN(CC)C(=O)c1cnc(C)cc1Cl. The minimum Gasteiger partial charge on any atom is -0.339 e. The molecule has 0 bridgehead atoms. The van der Waals surface area contributed by atoms with Crippen molar-refractivity contribution in [3.8, 4) is 0 Å². The number of aromatic nitrogens is 1. The molecule has 1 heterocycles. The van der Waals surface area contributed by atoms with Gasteiger partial charge in [-0.1, -0.05) is 18.5 Å². The normalized spacial score (nSPS) is 10.2. The van der Waals surface area contributed by atoms with Crippen molar-refractivity contribution >= 4 is 17.5 Å². The first-order chi connectivity index (χ1) is 7.60. The van der Waals surface area contributed by atoms with Crippen LogP contribution >= 0.6 is 11.6 Å². The third-order valence-corrected chi connectivity index (χ3v) is 2.70. The Kier molecular flexibility index (Phi) is 4.74. The van der Waals surface area contributed by atoms with Crippen LogP contribution in [-0.4, -0.2) is 28.9 Å². The lowest BCUT2D eigenvalue weighted by Crippen LogP contribution is -2.31. The minimum atomic E-state index is -0.0400. The molecule has 1 aromatic heterocycles. The summed E-state index contributed by atoms with van der Waals surface area (Å²) < 4.78 is 0. The second-order valence-electron chi connectivity index (χ2n) is 3.69. The van der Waals surface area contributed by atoms with Crippen LogP contribution in [0.4, 0.5) is 0 Å². The van der Waals surface area contributed by atoms with Gasteiger partial charge in [0.25, 0.3) is 5.91 Å². The zero-order valence-corrected chi connectivity index (χ0v) is 10.7. The molecule has 3 nitrogen and oxygen atoms in total. The molecule has 0 saturated carbocycles. The number of hydrogen-bond donors (Lipinski definition) is 0. The Balaban J connectivity index is 2.94. The van der Waals surface area contributed by atoms with Crippen molar-refractivity contribution < 1.29 is 4.79 Å². The van der Waals surface area contributed by atoms with Gasteiger partial charge in [0.2, 0.25) is 0 Å². The molecular formula is C12H17ClN2O. The van der Waals surface area contributed by atoms with Crippen molar-refractivity contribution in [1.82, 2.24) is 9.88 Å². The summed E-state index contributed by atoms with van der Waals surface area (Å²) in [6.07, 6.45) is 2.49. The van der Waals surface area contributed by atoms with Crippen molar-refractivity contribution in [2.45, 2.75) is 27.2 Å². The first-order valence-electron chi connectivity index (χ1n) is 5.51. The Bertz CT molecular complexity index is 379. The smallest absolute Gasteiger partial charge is 0.256 e. The van der Waals surface area contributed by atoms with Gasteiger partial charge in [0.15, 0.2) is 0 Å². The highest BCUT2D eigenvalue weighted by Gasteiger charge is 2.16. The van der Waals surface area contributed by atoms with Gasteiger partial charge in [-0.15, -0.1) is 0 Å². The molecule has 1 amide bonds. The number of amides is 1. The fourth-order valence-electron chi connectivity index (χ4n) is 1.53. The molecule has 4 heteroatoms. The molecular weight excluding hydrogens is 224 g/mol. The fraction of sp³-hybridized carbons (Fsp3) is 0.500. The zero-order valence-electron chi connectivity index (χ0n) is 9.96. The van der Waals surface area contributed by atoms with E-state index in [-0.39, 0.29) is 5.91 Å². The lowest BCUT2D eigenvalue weighted by molar-refractivity contribution is 0.0764. The molecule has 0 aromatic carbocycles. The highest BCUT2D eigenvalue weighted by atomic mass is 35.5. The summed E-state index contributed by atoms with van der Waals surface area (Å²) in [5, 5.41) is 0.479. The maximum atomic E-state index is 12.1. The van der Waals surface area contributed by atoms with Gasteiger partial charge in [0, 0.05) is 25.0 Å². The van der Waals surface area contributed by atoms with Crippen LogP contribution in [-0.2, 0) is 0 Å². The first-order valence-corrected chi connectivity index (χ1v) is 5.89. The standard InChI is InChI=1S/C12H17ClN2O/c1-4-6-15(5-2)12(16)10-8-14-9(3)7-11(10)13/h7-8H,4-6H2,1-3H3. The summed E-state index contributed by atoms with van der Waals surface area (Å²) in [4.78, 5) is 18.0. The molecule has 0 atom stereocenters. The summed E-state index contributed by atoms with van der Waals surface area (Å²) in [6, 6.07) is 1.72. The van der Waals surface area contributed by atoms with Gasteiger partial charge in [0.1, 0.15) is 0 Å². The number of carbonyl (C=O) groups is 1. The van der Waals surface area contributed by atoms with Crippen LogP contribution < -0.4 is 0 Å². The largest absolute Gasteiger partial charge is 0.339 e. The topological polar surface area (TPSA) is 33.2 Å². The van der Waals surface area contributed by atoms with E-state index in [9.17, 15) is 4.79 Å². The maximum absolute atomic E-state index is 12.1. The molecule has 0 radical (unpaired) electrons. The summed E-state index contributed by atoms with van der Waals surface area (Å²) in [5.74, 6) is -0.0400. The Labute approximate surface area is 101 Å².